The lowest BCUT2D eigenvalue weighted by Crippen LogP contribution is -2.12. The van der Waals surface area contributed by atoms with E-state index in [9.17, 15) is 9.59 Å². The van der Waals surface area contributed by atoms with Crippen LogP contribution < -0.4 is 5.32 Å². The van der Waals surface area contributed by atoms with Crippen LogP contribution in [0.4, 0.5) is 5.69 Å². The van der Waals surface area contributed by atoms with Crippen molar-refractivity contribution in [3.8, 4) is 5.69 Å². The molecule has 1 amide bonds. The molecule has 0 atom stereocenters. The highest BCUT2D eigenvalue weighted by Gasteiger charge is 2.07. The van der Waals surface area contributed by atoms with E-state index < -0.39 is 5.97 Å². The monoisotopic (exact) mass is 260 g/mol. The molecular weight excluding hydrogens is 248 g/mol. The molecule has 0 spiro atoms. The largest absolute Gasteiger partial charge is 0.481 e. The molecule has 2 heterocycles. The van der Waals surface area contributed by atoms with E-state index in [1.54, 1.807) is 35.4 Å². The molecule has 0 unspecified atom stereocenters. The number of anilines is 1. The average molecular weight is 260 g/mol. The smallest absolute Gasteiger partial charge is 0.303 e. The summed E-state index contributed by atoms with van der Waals surface area (Å²) in [6.45, 7) is 0. The normalized spacial score (nSPS) is 10.1. The summed E-state index contributed by atoms with van der Waals surface area (Å²) in [6.07, 6.45) is 6.18. The third-order valence-corrected chi connectivity index (χ3v) is 2.36. The first-order valence-electron chi connectivity index (χ1n) is 5.62. The van der Waals surface area contributed by atoms with E-state index >= 15 is 0 Å². The van der Waals surface area contributed by atoms with Gasteiger partial charge in [-0.15, -0.1) is 0 Å². The first-order chi connectivity index (χ1) is 9.15. The molecule has 2 aromatic heterocycles. The number of carbonyl (C=O) groups excluding carboxylic acids is 1. The number of aromatic nitrogens is 3. The number of amides is 1. The molecule has 2 rings (SSSR count). The molecule has 0 fully saturated rings. The highest BCUT2D eigenvalue weighted by molar-refractivity contribution is 5.92. The Morgan fingerprint density at radius 3 is 2.68 bits per heavy atom. The molecule has 2 aromatic rings. The second-order valence-electron chi connectivity index (χ2n) is 3.82. The van der Waals surface area contributed by atoms with Gasteiger partial charge in [0.15, 0.2) is 0 Å². The number of nitrogens with zero attached hydrogens (tertiary/aromatic N) is 3. The highest BCUT2D eigenvalue weighted by Crippen LogP contribution is 2.11. The SMILES string of the molecule is O=C(O)CCC(=O)Nc1cnn(-c2ccncc2)c1. The van der Waals surface area contributed by atoms with Crippen LogP contribution in [0.25, 0.3) is 5.69 Å². The van der Waals surface area contributed by atoms with Crippen LogP contribution in [-0.2, 0) is 9.59 Å². The molecule has 0 aliphatic carbocycles. The van der Waals surface area contributed by atoms with Crippen LogP contribution in [0, 0.1) is 0 Å². The van der Waals surface area contributed by atoms with E-state index in [1.165, 1.54) is 6.20 Å². The maximum atomic E-state index is 11.4. The number of carbonyl (C=O) groups is 2. The van der Waals surface area contributed by atoms with Crippen molar-refractivity contribution in [2.24, 2.45) is 0 Å². The first-order valence-corrected chi connectivity index (χ1v) is 5.62. The number of hydrogen-bond acceptors (Lipinski definition) is 4. The Morgan fingerprint density at radius 1 is 1.26 bits per heavy atom. The van der Waals surface area contributed by atoms with Gasteiger partial charge >= 0.3 is 5.97 Å². The maximum Gasteiger partial charge on any atom is 0.303 e. The number of carboxylic acid groups (broad SMARTS) is 1. The minimum Gasteiger partial charge on any atom is -0.481 e. The molecule has 0 aliphatic rings. The van der Waals surface area contributed by atoms with Crippen LogP contribution in [0.3, 0.4) is 0 Å². The fourth-order valence-corrected chi connectivity index (χ4v) is 1.47. The van der Waals surface area contributed by atoms with Crippen LogP contribution in [0.5, 0.6) is 0 Å². The summed E-state index contributed by atoms with van der Waals surface area (Å²) in [5.74, 6) is -1.35. The molecule has 0 saturated carbocycles. The second-order valence-corrected chi connectivity index (χ2v) is 3.82. The van der Waals surface area contributed by atoms with Gasteiger partial charge in [-0.25, -0.2) is 4.68 Å². The first kappa shape index (κ1) is 12.7. The van der Waals surface area contributed by atoms with E-state index in [1.807, 2.05) is 0 Å². The number of carboxylic acids is 1. The lowest BCUT2D eigenvalue weighted by Gasteiger charge is -2.00. The third-order valence-electron chi connectivity index (χ3n) is 2.36. The molecule has 0 radical (unpaired) electrons. The summed E-state index contributed by atoms with van der Waals surface area (Å²) in [7, 11) is 0. The zero-order chi connectivity index (χ0) is 13.7. The lowest BCUT2D eigenvalue weighted by atomic mass is 10.3. The summed E-state index contributed by atoms with van der Waals surface area (Å²) in [6, 6.07) is 3.56. The quantitative estimate of drug-likeness (QED) is 0.838. The summed E-state index contributed by atoms with van der Waals surface area (Å²) in [5.41, 5.74) is 1.34. The fraction of sp³-hybridized carbons (Fsp3) is 0.167. The Bertz CT molecular complexity index is 580. The molecule has 7 heteroatoms. The van der Waals surface area contributed by atoms with Gasteiger partial charge in [0.05, 0.1) is 30.2 Å². The summed E-state index contributed by atoms with van der Waals surface area (Å²) in [5, 5.41) is 15.2. The summed E-state index contributed by atoms with van der Waals surface area (Å²) >= 11 is 0. The lowest BCUT2D eigenvalue weighted by molar-refractivity contribution is -0.138. The van der Waals surface area contributed by atoms with Crippen LogP contribution in [-0.4, -0.2) is 31.7 Å². The molecule has 98 valence electrons. The minimum absolute atomic E-state index is 0.0598. The number of aliphatic carboxylic acids is 1. The van der Waals surface area contributed by atoms with E-state index in [0.717, 1.165) is 5.69 Å². The van der Waals surface area contributed by atoms with Gasteiger partial charge in [-0.2, -0.15) is 5.10 Å². The van der Waals surface area contributed by atoms with E-state index in [2.05, 4.69) is 15.4 Å². The van der Waals surface area contributed by atoms with Gasteiger partial charge in [-0.05, 0) is 12.1 Å². The van der Waals surface area contributed by atoms with Gasteiger partial charge < -0.3 is 10.4 Å². The van der Waals surface area contributed by atoms with E-state index in [-0.39, 0.29) is 18.7 Å². The molecule has 0 aliphatic heterocycles. The fourth-order valence-electron chi connectivity index (χ4n) is 1.47. The van der Waals surface area contributed by atoms with Crippen molar-refractivity contribution in [2.75, 3.05) is 5.32 Å². The molecule has 19 heavy (non-hydrogen) atoms. The predicted molar refractivity (Wildman–Crippen MR) is 66.9 cm³/mol. The van der Waals surface area contributed by atoms with Gasteiger partial charge in [-0.3, -0.25) is 14.6 Å². The highest BCUT2D eigenvalue weighted by atomic mass is 16.4. The standard InChI is InChI=1S/C12H12N4O3/c17-11(1-2-12(18)19)15-9-7-14-16(8-9)10-3-5-13-6-4-10/h3-8H,1-2H2,(H,15,17)(H,18,19). The van der Waals surface area contributed by atoms with Gasteiger partial charge in [0.2, 0.25) is 5.91 Å². The van der Waals surface area contributed by atoms with Crippen LogP contribution in [0.15, 0.2) is 36.9 Å². The Morgan fingerprint density at radius 2 is 2.00 bits per heavy atom. The van der Waals surface area contributed by atoms with Gasteiger partial charge in [0.25, 0.3) is 0 Å². The van der Waals surface area contributed by atoms with Gasteiger partial charge in [-0.1, -0.05) is 0 Å². The number of hydrogen-bond donors (Lipinski definition) is 2. The average Bonchev–Trinajstić information content (AvgIpc) is 2.86. The topological polar surface area (TPSA) is 97.1 Å². The van der Waals surface area contributed by atoms with E-state index in [0.29, 0.717) is 5.69 Å². The zero-order valence-electron chi connectivity index (χ0n) is 9.98. The second kappa shape index (κ2) is 5.76. The Hall–Kier alpha value is -2.70. The molecule has 2 N–H and O–H groups in total. The number of rotatable bonds is 5. The minimum atomic E-state index is -0.998. The Labute approximate surface area is 108 Å². The van der Waals surface area contributed by atoms with Crippen LogP contribution in [0.2, 0.25) is 0 Å². The van der Waals surface area contributed by atoms with Crippen molar-refractivity contribution >= 4 is 17.6 Å². The third kappa shape index (κ3) is 3.63. The molecular formula is C12H12N4O3. The molecule has 7 nitrogen and oxygen atoms in total. The molecule has 0 bridgehead atoms. The zero-order valence-corrected chi connectivity index (χ0v) is 9.98. The Balaban J connectivity index is 1.98. The Kier molecular flexibility index (Phi) is 3.87. The number of nitrogens with one attached hydrogen (secondary N) is 1. The van der Waals surface area contributed by atoms with Crippen molar-refractivity contribution in [2.45, 2.75) is 12.8 Å². The predicted octanol–water partition coefficient (Wildman–Crippen LogP) is 1.07. The summed E-state index contributed by atoms with van der Waals surface area (Å²) < 4.78 is 1.59. The van der Waals surface area contributed by atoms with Crippen molar-refractivity contribution < 1.29 is 14.7 Å². The molecule has 0 saturated heterocycles. The summed E-state index contributed by atoms with van der Waals surface area (Å²) in [4.78, 5) is 25.7. The molecule has 0 aromatic carbocycles. The van der Waals surface area contributed by atoms with E-state index in [4.69, 9.17) is 5.11 Å². The number of pyridine rings is 1. The van der Waals surface area contributed by atoms with Crippen LogP contribution in [0.1, 0.15) is 12.8 Å². The van der Waals surface area contributed by atoms with Crippen molar-refractivity contribution in [1.82, 2.24) is 14.8 Å². The van der Waals surface area contributed by atoms with Crippen LogP contribution >= 0.6 is 0 Å². The van der Waals surface area contributed by atoms with Gasteiger partial charge in [0.1, 0.15) is 0 Å². The van der Waals surface area contributed by atoms with Crippen molar-refractivity contribution in [3.63, 3.8) is 0 Å². The van der Waals surface area contributed by atoms with Gasteiger partial charge in [0, 0.05) is 18.8 Å². The maximum absolute atomic E-state index is 11.4. The van der Waals surface area contributed by atoms with Crippen molar-refractivity contribution in [3.05, 3.63) is 36.9 Å². The van der Waals surface area contributed by atoms with Crippen molar-refractivity contribution in [1.29, 1.82) is 0 Å².